The van der Waals surface area contributed by atoms with Crippen LogP contribution in [0, 0.1) is 29.5 Å². The molecule has 3 heterocycles. The van der Waals surface area contributed by atoms with Crippen LogP contribution in [0.25, 0.3) is 16.8 Å². The number of allylic oxidation sites excluding steroid dienone is 4. The predicted octanol–water partition coefficient (Wildman–Crippen LogP) is 5.72. The number of halogens is 2. The first-order valence-corrected chi connectivity index (χ1v) is 9.69. The van der Waals surface area contributed by atoms with Crippen LogP contribution >= 0.6 is 0 Å². The van der Waals surface area contributed by atoms with E-state index in [1.165, 1.54) is 0 Å². The molecule has 0 bridgehead atoms. The van der Waals surface area contributed by atoms with Crippen LogP contribution < -0.4 is 0 Å². The molecule has 1 aliphatic rings. The van der Waals surface area contributed by atoms with E-state index in [2.05, 4.69) is 42.0 Å². The minimum atomic E-state index is -0.935. The Morgan fingerprint density at radius 1 is 0.903 bits per heavy atom. The van der Waals surface area contributed by atoms with E-state index in [1.54, 1.807) is 12.1 Å². The molecule has 3 aromatic rings. The molecule has 0 amide bonds. The molecule has 3 nitrogen and oxygen atoms in total. The molecule has 0 fully saturated rings. The zero-order valence-corrected chi connectivity index (χ0v) is 19.9. The minimum absolute atomic E-state index is 0. The largest absolute Gasteiger partial charge is 2.00 e. The predicted molar refractivity (Wildman–Crippen MR) is 112 cm³/mol. The number of nitrogens with zero attached hydrogens (tertiary/aromatic N) is 3. The van der Waals surface area contributed by atoms with Gasteiger partial charge in [-0.15, -0.1) is 12.1 Å². The van der Waals surface area contributed by atoms with Crippen LogP contribution in [0.4, 0.5) is 8.78 Å². The van der Waals surface area contributed by atoms with Crippen molar-refractivity contribution in [3.63, 3.8) is 0 Å². The van der Waals surface area contributed by atoms with Gasteiger partial charge in [-0.05, 0) is 37.4 Å². The van der Waals surface area contributed by atoms with E-state index in [0.717, 1.165) is 23.0 Å². The molecule has 0 saturated carbocycles. The van der Waals surface area contributed by atoms with Crippen molar-refractivity contribution in [3.05, 3.63) is 95.7 Å². The standard InChI is InChI=1S/C25H21F2N3.Pt/c1-24(2)14-13-16(15-24)18-7-5-9-20(28-18)25(3,4)21-10-6-8-19(29-21)17-11-12-22(26)30-23(17)27;/h5-10,12,14-15H,1-4H3;/q-2;+2. The van der Waals surface area contributed by atoms with E-state index in [9.17, 15) is 8.78 Å². The smallest absolute Gasteiger partial charge is 0.316 e. The maximum atomic E-state index is 14.1. The average Bonchev–Trinajstić information content (AvgIpc) is 3.08. The summed E-state index contributed by atoms with van der Waals surface area (Å²) in [6.07, 6.45) is 7.48. The Kier molecular flexibility index (Phi) is 6.38. The van der Waals surface area contributed by atoms with Crippen molar-refractivity contribution in [3.8, 4) is 11.3 Å². The van der Waals surface area contributed by atoms with Gasteiger partial charge in [-0.3, -0.25) is 4.98 Å². The third-order valence-corrected chi connectivity index (χ3v) is 5.17. The van der Waals surface area contributed by atoms with Crippen LogP contribution in [-0.2, 0) is 26.5 Å². The van der Waals surface area contributed by atoms with Gasteiger partial charge in [0.15, 0.2) is 0 Å². The molecule has 4 rings (SSSR count). The molecule has 0 spiro atoms. The molecule has 31 heavy (non-hydrogen) atoms. The van der Waals surface area contributed by atoms with Crippen LogP contribution in [0.15, 0.2) is 54.6 Å². The first kappa shape index (κ1) is 23.1. The summed E-state index contributed by atoms with van der Waals surface area (Å²) >= 11 is 0. The molecule has 0 aliphatic heterocycles. The van der Waals surface area contributed by atoms with Crippen molar-refractivity contribution < 1.29 is 29.8 Å². The van der Waals surface area contributed by atoms with Gasteiger partial charge < -0.3 is 9.97 Å². The fourth-order valence-electron chi connectivity index (χ4n) is 3.41. The van der Waals surface area contributed by atoms with Gasteiger partial charge in [0.05, 0.1) is 0 Å². The van der Waals surface area contributed by atoms with Crippen LogP contribution in [0.3, 0.4) is 0 Å². The Balaban J connectivity index is 0.00000272. The molecule has 0 unspecified atom stereocenters. The summed E-state index contributed by atoms with van der Waals surface area (Å²) < 4.78 is 27.3. The number of rotatable bonds is 4. The van der Waals surface area contributed by atoms with Gasteiger partial charge in [0.2, 0.25) is 0 Å². The van der Waals surface area contributed by atoms with Crippen LogP contribution in [0.5, 0.6) is 0 Å². The normalized spacial score (nSPS) is 14.8. The quantitative estimate of drug-likeness (QED) is 0.286. The number of aromatic nitrogens is 3. The maximum Gasteiger partial charge on any atom is 2.00 e. The summed E-state index contributed by atoms with van der Waals surface area (Å²) in [6, 6.07) is 14.8. The maximum absolute atomic E-state index is 14.1. The van der Waals surface area contributed by atoms with Gasteiger partial charge in [-0.2, -0.15) is 17.7 Å². The summed E-state index contributed by atoms with van der Waals surface area (Å²) in [4.78, 5) is 12.7. The van der Waals surface area contributed by atoms with Gasteiger partial charge in [0.25, 0.3) is 0 Å². The Bertz CT molecular complexity index is 1180. The van der Waals surface area contributed by atoms with Crippen molar-refractivity contribution in [1.29, 1.82) is 0 Å². The topological polar surface area (TPSA) is 38.7 Å². The summed E-state index contributed by atoms with van der Waals surface area (Å²) in [6.45, 7) is 8.27. The van der Waals surface area contributed by atoms with Crippen molar-refractivity contribution in [2.75, 3.05) is 0 Å². The summed E-state index contributed by atoms with van der Waals surface area (Å²) in [7, 11) is 0. The molecule has 0 radical (unpaired) electrons. The molecular weight excluding hydrogens is 575 g/mol. The van der Waals surface area contributed by atoms with Gasteiger partial charge in [-0.1, -0.05) is 55.2 Å². The Hall–Kier alpha value is -2.52. The van der Waals surface area contributed by atoms with E-state index >= 15 is 0 Å². The summed E-state index contributed by atoms with van der Waals surface area (Å²) in [5.74, 6) is -1.85. The number of pyridine rings is 3. The second-order valence-corrected chi connectivity index (χ2v) is 8.50. The first-order chi connectivity index (χ1) is 14.2. The molecule has 0 aromatic carbocycles. The minimum Gasteiger partial charge on any atom is -0.316 e. The Labute approximate surface area is 195 Å². The van der Waals surface area contributed by atoms with Crippen LogP contribution in [0.2, 0.25) is 0 Å². The number of hydrogen-bond donors (Lipinski definition) is 0. The Morgan fingerprint density at radius 3 is 2.10 bits per heavy atom. The van der Waals surface area contributed by atoms with Crippen molar-refractivity contribution in [2.24, 2.45) is 5.41 Å². The van der Waals surface area contributed by atoms with Crippen LogP contribution in [-0.4, -0.2) is 15.0 Å². The first-order valence-electron chi connectivity index (χ1n) is 9.69. The van der Waals surface area contributed by atoms with E-state index in [-0.39, 0.29) is 32.0 Å². The van der Waals surface area contributed by atoms with Crippen molar-refractivity contribution in [2.45, 2.75) is 33.1 Å². The fraction of sp³-hybridized carbons (Fsp3) is 0.240. The average molecular weight is 597 g/mol. The van der Waals surface area contributed by atoms with Crippen LogP contribution in [0.1, 0.15) is 44.8 Å². The third kappa shape index (κ3) is 4.72. The Morgan fingerprint density at radius 2 is 1.52 bits per heavy atom. The van der Waals surface area contributed by atoms with Gasteiger partial charge >= 0.3 is 21.1 Å². The van der Waals surface area contributed by atoms with E-state index in [1.807, 2.05) is 44.2 Å². The molecule has 3 aromatic heterocycles. The third-order valence-electron chi connectivity index (χ3n) is 5.17. The van der Waals surface area contributed by atoms with Gasteiger partial charge in [-0.25, -0.2) is 8.78 Å². The molecule has 0 N–H and O–H groups in total. The summed E-state index contributed by atoms with van der Waals surface area (Å²) in [5, 5.41) is 0. The van der Waals surface area contributed by atoms with Gasteiger partial charge in [0.1, 0.15) is 11.9 Å². The fourth-order valence-corrected chi connectivity index (χ4v) is 3.41. The van der Waals surface area contributed by atoms with E-state index in [4.69, 9.17) is 4.98 Å². The molecule has 160 valence electrons. The second-order valence-electron chi connectivity index (χ2n) is 8.50. The van der Waals surface area contributed by atoms with Crippen molar-refractivity contribution >= 4 is 5.57 Å². The van der Waals surface area contributed by atoms with Crippen molar-refractivity contribution in [1.82, 2.24) is 15.0 Å². The summed E-state index contributed by atoms with van der Waals surface area (Å²) in [5.41, 5.74) is 3.15. The van der Waals surface area contributed by atoms with Gasteiger partial charge in [0, 0.05) is 16.8 Å². The monoisotopic (exact) mass is 596 g/mol. The molecule has 0 saturated heterocycles. The molecule has 0 atom stereocenters. The van der Waals surface area contributed by atoms with E-state index in [0.29, 0.717) is 11.4 Å². The molecular formula is C25H21F2N3Pt. The molecule has 1 aliphatic carbocycles. The van der Waals surface area contributed by atoms with E-state index < -0.39 is 17.3 Å². The SMILES string of the molecule is CC1(C)C=[C-]C(c2cccc(C(C)(C)c3cccc(-c4[c-]cc(F)nc4F)n3)n2)=C1.[Pt+2]. The number of hydrogen-bond acceptors (Lipinski definition) is 3. The second kappa shape index (κ2) is 8.55. The zero-order chi connectivity index (χ0) is 21.5. The molecule has 6 heteroatoms. The zero-order valence-electron chi connectivity index (χ0n) is 17.6.